The maximum atomic E-state index is 12.3. The number of phenolic OH excluding ortho intramolecular Hbond substituents is 1. The number of rotatable bonds is 1. The topological polar surface area (TPSA) is 40.5 Å². The molecule has 0 saturated carbocycles. The summed E-state index contributed by atoms with van der Waals surface area (Å²) in [6, 6.07) is 7.00. The molecule has 17 heavy (non-hydrogen) atoms. The SMILES string of the molecule is CC1CCCN(C(=O)c2ccccc2O)C1C. The molecule has 1 aromatic rings. The summed E-state index contributed by atoms with van der Waals surface area (Å²) in [6.07, 6.45) is 2.22. The second-order valence-corrected chi connectivity index (χ2v) is 4.88. The van der Waals surface area contributed by atoms with Crippen molar-refractivity contribution in [1.82, 2.24) is 4.90 Å². The Balaban J connectivity index is 2.23. The second-order valence-electron chi connectivity index (χ2n) is 4.88. The number of benzene rings is 1. The number of aromatic hydroxyl groups is 1. The van der Waals surface area contributed by atoms with Crippen LogP contribution < -0.4 is 0 Å². The highest BCUT2D eigenvalue weighted by atomic mass is 16.3. The summed E-state index contributed by atoms with van der Waals surface area (Å²) >= 11 is 0. The van der Waals surface area contributed by atoms with Gasteiger partial charge in [-0.05, 0) is 37.8 Å². The van der Waals surface area contributed by atoms with Crippen LogP contribution in [0.1, 0.15) is 37.0 Å². The summed E-state index contributed by atoms with van der Waals surface area (Å²) in [5.41, 5.74) is 0.411. The van der Waals surface area contributed by atoms with Crippen molar-refractivity contribution < 1.29 is 9.90 Å². The zero-order valence-electron chi connectivity index (χ0n) is 10.4. The van der Waals surface area contributed by atoms with Gasteiger partial charge in [0.15, 0.2) is 0 Å². The molecule has 1 saturated heterocycles. The van der Waals surface area contributed by atoms with Gasteiger partial charge in [-0.25, -0.2) is 0 Å². The van der Waals surface area contributed by atoms with Crippen molar-refractivity contribution in [2.45, 2.75) is 32.7 Å². The van der Waals surface area contributed by atoms with E-state index < -0.39 is 0 Å². The molecule has 0 spiro atoms. The summed E-state index contributed by atoms with van der Waals surface area (Å²) in [4.78, 5) is 14.2. The molecular formula is C14H19NO2. The molecule has 0 radical (unpaired) electrons. The lowest BCUT2D eigenvalue weighted by atomic mass is 9.91. The van der Waals surface area contributed by atoms with Crippen LogP contribution in [-0.2, 0) is 0 Å². The van der Waals surface area contributed by atoms with E-state index in [9.17, 15) is 9.90 Å². The van der Waals surface area contributed by atoms with E-state index >= 15 is 0 Å². The van der Waals surface area contributed by atoms with Crippen molar-refractivity contribution in [2.24, 2.45) is 5.92 Å². The summed E-state index contributed by atoms with van der Waals surface area (Å²) in [7, 11) is 0. The number of nitrogens with zero attached hydrogens (tertiary/aromatic N) is 1. The van der Waals surface area contributed by atoms with Crippen LogP contribution in [0, 0.1) is 5.92 Å². The Morgan fingerprint density at radius 3 is 2.76 bits per heavy atom. The zero-order valence-corrected chi connectivity index (χ0v) is 10.4. The van der Waals surface area contributed by atoms with Gasteiger partial charge in [0.1, 0.15) is 5.75 Å². The number of carbonyl (C=O) groups excluding carboxylic acids is 1. The maximum Gasteiger partial charge on any atom is 0.257 e. The van der Waals surface area contributed by atoms with Crippen molar-refractivity contribution >= 4 is 5.91 Å². The largest absolute Gasteiger partial charge is 0.507 e. The van der Waals surface area contributed by atoms with Crippen molar-refractivity contribution in [2.75, 3.05) is 6.54 Å². The van der Waals surface area contributed by atoms with Crippen LogP contribution in [-0.4, -0.2) is 28.5 Å². The number of hydrogen-bond donors (Lipinski definition) is 1. The van der Waals surface area contributed by atoms with Crippen LogP contribution in [0.5, 0.6) is 5.75 Å². The normalized spacial score (nSPS) is 24.7. The molecule has 3 heteroatoms. The van der Waals surface area contributed by atoms with Crippen molar-refractivity contribution in [3.05, 3.63) is 29.8 Å². The first kappa shape index (κ1) is 12.0. The Morgan fingerprint density at radius 2 is 2.06 bits per heavy atom. The Kier molecular flexibility index (Phi) is 3.36. The third kappa shape index (κ3) is 2.28. The van der Waals surface area contributed by atoms with Crippen molar-refractivity contribution in [3.63, 3.8) is 0 Å². The lowest BCUT2D eigenvalue weighted by molar-refractivity contribution is 0.0548. The van der Waals surface area contributed by atoms with E-state index in [1.54, 1.807) is 24.3 Å². The molecule has 0 aromatic heterocycles. The first-order valence-electron chi connectivity index (χ1n) is 6.20. The van der Waals surface area contributed by atoms with Crippen molar-refractivity contribution in [1.29, 1.82) is 0 Å². The number of likely N-dealkylation sites (tertiary alicyclic amines) is 1. The molecule has 92 valence electrons. The highest BCUT2D eigenvalue weighted by Gasteiger charge is 2.29. The minimum Gasteiger partial charge on any atom is -0.507 e. The average molecular weight is 233 g/mol. The lowest BCUT2D eigenvalue weighted by Crippen LogP contribution is -2.46. The second kappa shape index (κ2) is 4.78. The highest BCUT2D eigenvalue weighted by Crippen LogP contribution is 2.26. The number of para-hydroxylation sites is 1. The number of phenols is 1. The first-order chi connectivity index (χ1) is 8.11. The molecular weight excluding hydrogens is 214 g/mol. The van der Waals surface area contributed by atoms with Gasteiger partial charge >= 0.3 is 0 Å². The minimum atomic E-state index is -0.0536. The standard InChI is InChI=1S/C14H19NO2/c1-10-6-5-9-15(11(10)2)14(17)12-7-3-4-8-13(12)16/h3-4,7-8,10-11,16H,5-6,9H2,1-2H3. The Labute approximate surface area is 102 Å². The Hall–Kier alpha value is -1.51. The highest BCUT2D eigenvalue weighted by molar-refractivity contribution is 5.97. The van der Waals surface area contributed by atoms with Gasteiger partial charge in [-0.2, -0.15) is 0 Å². The third-order valence-electron chi connectivity index (χ3n) is 3.77. The molecule has 2 atom stereocenters. The average Bonchev–Trinajstić information content (AvgIpc) is 2.32. The quantitative estimate of drug-likeness (QED) is 0.810. The van der Waals surface area contributed by atoms with E-state index in [2.05, 4.69) is 13.8 Å². The van der Waals surface area contributed by atoms with Gasteiger partial charge in [-0.15, -0.1) is 0 Å². The van der Waals surface area contributed by atoms with Gasteiger partial charge in [0, 0.05) is 12.6 Å². The van der Waals surface area contributed by atoms with E-state index in [4.69, 9.17) is 0 Å². The van der Waals surface area contributed by atoms with Gasteiger partial charge in [-0.1, -0.05) is 19.1 Å². The smallest absolute Gasteiger partial charge is 0.257 e. The summed E-state index contributed by atoms with van der Waals surface area (Å²) in [6.45, 7) is 5.05. The minimum absolute atomic E-state index is 0.0536. The van der Waals surface area contributed by atoms with Gasteiger partial charge in [0.25, 0.3) is 5.91 Å². The number of carbonyl (C=O) groups is 1. The Bertz CT molecular complexity index is 416. The molecule has 1 fully saturated rings. The molecule has 1 aliphatic rings. The predicted molar refractivity (Wildman–Crippen MR) is 67.0 cm³/mol. The van der Waals surface area contributed by atoms with Crippen molar-refractivity contribution in [3.8, 4) is 5.75 Å². The number of piperidine rings is 1. The molecule has 1 aliphatic heterocycles. The molecule has 2 rings (SSSR count). The predicted octanol–water partition coefficient (Wildman–Crippen LogP) is 2.65. The molecule has 3 nitrogen and oxygen atoms in total. The molecule has 0 bridgehead atoms. The van der Waals surface area contributed by atoms with Crippen LogP contribution in [0.2, 0.25) is 0 Å². The monoisotopic (exact) mass is 233 g/mol. The molecule has 1 amide bonds. The van der Waals surface area contributed by atoms with Gasteiger partial charge in [0.05, 0.1) is 5.56 Å². The maximum absolute atomic E-state index is 12.3. The zero-order chi connectivity index (χ0) is 12.4. The summed E-state index contributed by atoms with van der Waals surface area (Å²) in [5.74, 6) is 0.545. The fourth-order valence-electron chi connectivity index (χ4n) is 2.43. The Morgan fingerprint density at radius 1 is 1.35 bits per heavy atom. The van der Waals surface area contributed by atoms with Gasteiger partial charge in [-0.3, -0.25) is 4.79 Å². The van der Waals surface area contributed by atoms with Crippen LogP contribution in [0.25, 0.3) is 0 Å². The van der Waals surface area contributed by atoms with E-state index in [-0.39, 0.29) is 17.7 Å². The molecule has 1 heterocycles. The van der Waals surface area contributed by atoms with E-state index in [0.29, 0.717) is 11.5 Å². The van der Waals surface area contributed by atoms with Crippen LogP contribution in [0.15, 0.2) is 24.3 Å². The van der Waals surface area contributed by atoms with Gasteiger partial charge < -0.3 is 10.0 Å². The fraction of sp³-hybridized carbons (Fsp3) is 0.500. The van der Waals surface area contributed by atoms with E-state index in [1.165, 1.54) is 6.42 Å². The first-order valence-corrected chi connectivity index (χ1v) is 6.20. The number of hydrogen-bond acceptors (Lipinski definition) is 2. The molecule has 1 aromatic carbocycles. The van der Waals surface area contributed by atoms with E-state index in [0.717, 1.165) is 13.0 Å². The summed E-state index contributed by atoms with van der Waals surface area (Å²) < 4.78 is 0. The van der Waals surface area contributed by atoms with Gasteiger partial charge in [0.2, 0.25) is 0 Å². The van der Waals surface area contributed by atoms with Crippen LogP contribution >= 0.6 is 0 Å². The molecule has 1 N–H and O–H groups in total. The lowest BCUT2D eigenvalue weighted by Gasteiger charge is -2.38. The van der Waals surface area contributed by atoms with Crippen LogP contribution in [0.3, 0.4) is 0 Å². The molecule has 0 aliphatic carbocycles. The van der Waals surface area contributed by atoms with Crippen LogP contribution in [0.4, 0.5) is 0 Å². The fourth-order valence-corrected chi connectivity index (χ4v) is 2.43. The molecule has 2 unspecified atom stereocenters. The van der Waals surface area contributed by atoms with E-state index in [1.807, 2.05) is 4.90 Å². The summed E-state index contributed by atoms with van der Waals surface area (Å²) in [5, 5.41) is 9.72. The third-order valence-corrected chi connectivity index (χ3v) is 3.77. The number of amides is 1.